The summed E-state index contributed by atoms with van der Waals surface area (Å²) < 4.78 is 11.3. The van der Waals surface area contributed by atoms with Crippen LogP contribution in [0, 0.1) is 0 Å². The maximum atomic E-state index is 10.6. The van der Waals surface area contributed by atoms with E-state index in [0.29, 0.717) is 18.5 Å². The van der Waals surface area contributed by atoms with Crippen molar-refractivity contribution in [2.24, 2.45) is 0 Å². The van der Waals surface area contributed by atoms with Gasteiger partial charge < -0.3 is 14.6 Å². The molecule has 0 aliphatic carbocycles. The topological polar surface area (TPSA) is 55.8 Å². The molecule has 6 heteroatoms. The van der Waals surface area contributed by atoms with Crippen LogP contribution in [0.3, 0.4) is 0 Å². The van der Waals surface area contributed by atoms with Crippen LogP contribution in [-0.4, -0.2) is 41.6 Å². The molecule has 1 aromatic carbocycles. The first kappa shape index (κ1) is 24.1. The molecule has 0 aliphatic rings. The van der Waals surface area contributed by atoms with Crippen molar-refractivity contribution >= 4 is 29.5 Å². The van der Waals surface area contributed by atoms with Gasteiger partial charge in [-0.1, -0.05) is 48.9 Å². The van der Waals surface area contributed by atoms with Gasteiger partial charge in [0.15, 0.2) is 6.29 Å². The molecule has 4 nitrogen and oxygen atoms in total. The number of carbonyl (C=O) groups is 1. The van der Waals surface area contributed by atoms with E-state index in [1.807, 2.05) is 43.8 Å². The summed E-state index contributed by atoms with van der Waals surface area (Å²) in [6.45, 7) is 5.25. The van der Waals surface area contributed by atoms with E-state index in [-0.39, 0.29) is 12.7 Å². The highest BCUT2D eigenvalue weighted by molar-refractivity contribution is 8.02. The summed E-state index contributed by atoms with van der Waals surface area (Å²) in [7, 11) is 0. The normalized spacial score (nSPS) is 12.7. The van der Waals surface area contributed by atoms with Gasteiger partial charge in [0.25, 0.3) is 0 Å². The Bertz CT molecular complexity index is 516. The lowest BCUT2D eigenvalue weighted by molar-refractivity contribution is -0.137. The summed E-state index contributed by atoms with van der Waals surface area (Å²) in [5.41, 5.74) is 0. The SMILES string of the molecule is CCOC(CSC(C=CSc1ccccc1)CCCCCC(=O)O)OCC. The third-order valence-corrected chi connectivity index (χ3v) is 5.89. The van der Waals surface area contributed by atoms with Crippen LogP contribution in [0.5, 0.6) is 0 Å². The Labute approximate surface area is 172 Å². The number of thioether (sulfide) groups is 2. The minimum absolute atomic E-state index is 0.172. The van der Waals surface area contributed by atoms with Crippen LogP contribution < -0.4 is 0 Å². The van der Waals surface area contributed by atoms with Gasteiger partial charge in [-0.2, -0.15) is 0 Å². The number of benzene rings is 1. The van der Waals surface area contributed by atoms with Gasteiger partial charge in [-0.05, 0) is 44.2 Å². The van der Waals surface area contributed by atoms with E-state index < -0.39 is 5.97 Å². The van der Waals surface area contributed by atoms with Crippen LogP contribution in [0.2, 0.25) is 0 Å². The number of carboxylic acids is 1. The summed E-state index contributed by atoms with van der Waals surface area (Å²) in [5, 5.41) is 11.3. The fourth-order valence-electron chi connectivity index (χ4n) is 2.46. The van der Waals surface area contributed by atoms with Crippen LogP contribution in [0.15, 0.2) is 46.7 Å². The Morgan fingerprint density at radius 3 is 2.44 bits per heavy atom. The maximum Gasteiger partial charge on any atom is 0.303 e. The average molecular weight is 413 g/mol. The van der Waals surface area contributed by atoms with E-state index >= 15 is 0 Å². The molecule has 0 fully saturated rings. The first-order chi connectivity index (χ1) is 13.2. The zero-order valence-corrected chi connectivity index (χ0v) is 18.0. The highest BCUT2D eigenvalue weighted by Crippen LogP contribution is 2.25. The summed E-state index contributed by atoms with van der Waals surface area (Å²) in [5.74, 6) is 0.0818. The predicted octanol–water partition coefficient (Wildman–Crippen LogP) is 5.83. The molecule has 0 radical (unpaired) electrons. The van der Waals surface area contributed by atoms with Crippen LogP contribution in [0.1, 0.15) is 46.0 Å². The maximum absolute atomic E-state index is 10.6. The van der Waals surface area contributed by atoms with E-state index in [1.165, 1.54) is 4.90 Å². The van der Waals surface area contributed by atoms with Crippen molar-refractivity contribution < 1.29 is 19.4 Å². The quantitative estimate of drug-likeness (QED) is 0.209. The Balaban J connectivity index is 2.49. The summed E-state index contributed by atoms with van der Waals surface area (Å²) >= 11 is 3.56. The molecule has 0 amide bonds. The second kappa shape index (κ2) is 16.0. The molecule has 1 N–H and O–H groups in total. The number of unbranched alkanes of at least 4 members (excludes halogenated alkanes) is 2. The van der Waals surface area contributed by atoms with Crippen molar-refractivity contribution in [2.45, 2.75) is 62.4 Å². The van der Waals surface area contributed by atoms with Crippen molar-refractivity contribution in [2.75, 3.05) is 19.0 Å². The van der Waals surface area contributed by atoms with Crippen molar-refractivity contribution in [3.05, 3.63) is 41.8 Å². The van der Waals surface area contributed by atoms with E-state index in [1.54, 1.807) is 11.8 Å². The molecule has 0 heterocycles. The molecule has 0 bridgehead atoms. The van der Waals surface area contributed by atoms with Gasteiger partial charge in [-0.3, -0.25) is 4.79 Å². The van der Waals surface area contributed by atoms with Crippen molar-refractivity contribution in [3.8, 4) is 0 Å². The van der Waals surface area contributed by atoms with E-state index in [2.05, 4.69) is 23.6 Å². The molecule has 1 rings (SSSR count). The van der Waals surface area contributed by atoms with E-state index in [9.17, 15) is 4.79 Å². The second-order valence-electron chi connectivity index (χ2n) is 5.96. The van der Waals surface area contributed by atoms with Crippen molar-refractivity contribution in [3.63, 3.8) is 0 Å². The minimum Gasteiger partial charge on any atom is -0.481 e. The standard InChI is InChI=1S/C21H32O4S2/c1-3-24-21(25-4-2)17-27-19(13-9-6-10-14-20(22)23)15-16-26-18-11-7-5-8-12-18/h5,7-8,11-12,15-16,19,21H,3-4,6,9-10,13-14,17H2,1-2H3,(H,22,23). The Morgan fingerprint density at radius 2 is 1.81 bits per heavy atom. The van der Waals surface area contributed by atoms with Gasteiger partial charge >= 0.3 is 5.97 Å². The predicted molar refractivity (Wildman–Crippen MR) is 115 cm³/mol. The van der Waals surface area contributed by atoms with Gasteiger partial charge in [0, 0.05) is 35.5 Å². The molecule has 27 heavy (non-hydrogen) atoms. The average Bonchev–Trinajstić information content (AvgIpc) is 2.66. The molecular weight excluding hydrogens is 380 g/mol. The van der Waals surface area contributed by atoms with Gasteiger partial charge in [0.2, 0.25) is 0 Å². The summed E-state index contributed by atoms with van der Waals surface area (Å²) in [6.07, 6.45) is 6.08. The number of rotatable bonds is 16. The smallest absolute Gasteiger partial charge is 0.303 e. The highest BCUT2D eigenvalue weighted by Gasteiger charge is 2.13. The number of ether oxygens (including phenoxy) is 2. The van der Waals surface area contributed by atoms with Gasteiger partial charge in [-0.15, -0.1) is 11.8 Å². The molecule has 0 saturated carbocycles. The van der Waals surface area contributed by atoms with Crippen molar-refractivity contribution in [1.29, 1.82) is 0 Å². The Kier molecular flexibility index (Phi) is 14.3. The van der Waals surface area contributed by atoms with Gasteiger partial charge in [-0.25, -0.2) is 0 Å². The fraction of sp³-hybridized carbons (Fsp3) is 0.571. The Morgan fingerprint density at radius 1 is 1.11 bits per heavy atom. The van der Waals surface area contributed by atoms with Crippen LogP contribution in [0.25, 0.3) is 0 Å². The third kappa shape index (κ3) is 13.0. The lowest BCUT2D eigenvalue weighted by Gasteiger charge is -2.19. The van der Waals surface area contributed by atoms with Crippen LogP contribution >= 0.6 is 23.5 Å². The largest absolute Gasteiger partial charge is 0.481 e. The summed E-state index contributed by atoms with van der Waals surface area (Å²) in [4.78, 5) is 11.8. The Hall–Kier alpha value is -0.950. The number of aliphatic carboxylic acids is 1. The molecule has 0 spiro atoms. The van der Waals surface area contributed by atoms with E-state index in [0.717, 1.165) is 31.4 Å². The molecule has 0 aromatic heterocycles. The second-order valence-corrected chi connectivity index (χ2v) is 8.22. The van der Waals surface area contributed by atoms with Crippen molar-refractivity contribution in [1.82, 2.24) is 0 Å². The summed E-state index contributed by atoms with van der Waals surface area (Å²) in [6, 6.07) is 10.3. The zero-order valence-electron chi connectivity index (χ0n) is 16.3. The van der Waals surface area contributed by atoms with Gasteiger partial charge in [0.1, 0.15) is 0 Å². The fourth-order valence-corrected chi connectivity index (χ4v) is 4.42. The molecule has 0 aliphatic heterocycles. The van der Waals surface area contributed by atoms with Crippen LogP contribution in [-0.2, 0) is 14.3 Å². The number of carboxylic acid groups (broad SMARTS) is 1. The first-order valence-corrected chi connectivity index (χ1v) is 11.5. The molecule has 1 aromatic rings. The zero-order chi connectivity index (χ0) is 19.7. The lowest BCUT2D eigenvalue weighted by atomic mass is 10.1. The monoisotopic (exact) mass is 412 g/mol. The number of hydrogen-bond acceptors (Lipinski definition) is 5. The van der Waals surface area contributed by atoms with Gasteiger partial charge in [0.05, 0.1) is 0 Å². The molecule has 1 atom stereocenters. The molecule has 152 valence electrons. The highest BCUT2D eigenvalue weighted by atomic mass is 32.2. The van der Waals surface area contributed by atoms with E-state index in [4.69, 9.17) is 14.6 Å². The molecular formula is C21H32O4S2. The third-order valence-electron chi connectivity index (χ3n) is 3.77. The molecule has 0 saturated heterocycles. The molecule has 1 unspecified atom stereocenters. The first-order valence-electron chi connectivity index (χ1n) is 9.60. The minimum atomic E-state index is -0.712. The lowest BCUT2D eigenvalue weighted by Crippen LogP contribution is -2.21. The van der Waals surface area contributed by atoms with Crippen LogP contribution in [0.4, 0.5) is 0 Å². The number of hydrogen-bond donors (Lipinski definition) is 1.